The van der Waals surface area contributed by atoms with E-state index in [1.165, 1.54) is 0 Å². The Morgan fingerprint density at radius 3 is 2.51 bits per heavy atom. The highest BCUT2D eigenvalue weighted by atomic mass is 31.2. The molecule has 0 aliphatic heterocycles. The van der Waals surface area contributed by atoms with E-state index in [0.29, 0.717) is 52.5 Å². The second-order valence-electron chi connectivity index (χ2n) is 13.7. The van der Waals surface area contributed by atoms with Crippen molar-refractivity contribution in [3.05, 3.63) is 114 Å². The van der Waals surface area contributed by atoms with Crippen LogP contribution in [0.25, 0.3) is 27.4 Å². The molecule has 12 nitrogen and oxygen atoms in total. The van der Waals surface area contributed by atoms with Crippen molar-refractivity contribution in [2.45, 2.75) is 32.6 Å². The molecule has 3 heterocycles. The molecule has 258 valence electrons. The molecule has 0 saturated carbocycles. The van der Waals surface area contributed by atoms with Crippen LogP contribution < -0.4 is 26.4 Å². The zero-order chi connectivity index (χ0) is 35.9. The maximum atomic E-state index is 13.6. The van der Waals surface area contributed by atoms with E-state index in [1.54, 1.807) is 42.4 Å². The van der Waals surface area contributed by atoms with Gasteiger partial charge in [0.25, 0.3) is 0 Å². The largest absolute Gasteiger partial charge is 0.438 e. The average Bonchev–Trinajstić information content (AvgIpc) is 3.69. The number of nitrogen functional groups attached to an aromatic ring is 1. The molecule has 4 aromatic carbocycles. The van der Waals surface area contributed by atoms with Crippen LogP contribution in [0, 0.1) is 0 Å². The number of nitrogens with zero attached hydrogens (tertiary/aromatic N) is 5. The van der Waals surface area contributed by atoms with Crippen molar-refractivity contribution in [2.75, 3.05) is 29.7 Å². The fraction of sp³-hybridized carbons (Fsp3) is 0.184. The number of hydrogen-bond donors (Lipinski definition) is 3. The van der Waals surface area contributed by atoms with Gasteiger partial charge in [0.15, 0.2) is 11.4 Å². The van der Waals surface area contributed by atoms with E-state index < -0.39 is 13.2 Å². The second kappa shape index (κ2) is 13.0. The van der Waals surface area contributed by atoms with Crippen LogP contribution in [0.3, 0.4) is 0 Å². The van der Waals surface area contributed by atoms with Gasteiger partial charge in [-0.15, -0.1) is 0 Å². The van der Waals surface area contributed by atoms with Gasteiger partial charge in [-0.05, 0) is 55.3 Å². The molecular weight excluding hydrogens is 663 g/mol. The average molecular weight is 701 g/mol. The molecule has 0 spiro atoms. The molecule has 0 atom stereocenters. The van der Waals surface area contributed by atoms with Crippen molar-refractivity contribution < 1.29 is 18.6 Å². The number of nitrogens with two attached hydrogens (primary N) is 1. The summed E-state index contributed by atoms with van der Waals surface area (Å²) < 4.78 is 26.0. The van der Waals surface area contributed by atoms with E-state index >= 15 is 0 Å². The van der Waals surface area contributed by atoms with Crippen molar-refractivity contribution in [1.82, 2.24) is 24.9 Å². The van der Waals surface area contributed by atoms with Crippen LogP contribution in [-0.4, -0.2) is 44.3 Å². The van der Waals surface area contributed by atoms with Crippen LogP contribution in [0.2, 0.25) is 0 Å². The minimum atomic E-state index is -2.52. The van der Waals surface area contributed by atoms with Gasteiger partial charge in [0.1, 0.15) is 24.5 Å². The summed E-state index contributed by atoms with van der Waals surface area (Å²) in [6.45, 7) is 9.63. The third-order valence-electron chi connectivity index (χ3n) is 8.37. The first kappa shape index (κ1) is 33.5. The summed E-state index contributed by atoms with van der Waals surface area (Å²) in [6, 6.07) is 27.4. The Morgan fingerprint density at radius 2 is 1.73 bits per heavy atom. The Hall–Kier alpha value is -6.00. The number of carbonyl (C=O) groups is 1. The molecule has 0 bridgehead atoms. The van der Waals surface area contributed by atoms with Gasteiger partial charge in [0, 0.05) is 46.2 Å². The molecule has 0 aliphatic carbocycles. The monoisotopic (exact) mass is 700 g/mol. The molecule has 0 fully saturated rings. The van der Waals surface area contributed by atoms with Crippen LogP contribution >= 0.6 is 7.14 Å². The minimum Gasteiger partial charge on any atom is -0.438 e. The maximum absolute atomic E-state index is 13.6. The third kappa shape index (κ3) is 7.18. The zero-order valence-electron chi connectivity index (χ0n) is 28.8. The fourth-order valence-electron chi connectivity index (χ4n) is 5.66. The number of fused-ring (bicyclic) bond motifs is 2. The van der Waals surface area contributed by atoms with Gasteiger partial charge in [-0.1, -0.05) is 68.4 Å². The number of urea groups is 1. The highest BCUT2D eigenvalue weighted by Gasteiger charge is 2.23. The van der Waals surface area contributed by atoms with Crippen LogP contribution in [-0.2, 0) is 16.4 Å². The fourth-order valence-corrected chi connectivity index (χ4v) is 6.55. The summed E-state index contributed by atoms with van der Waals surface area (Å²) in [6.07, 6.45) is 2.11. The molecule has 13 heteroatoms. The molecule has 2 amide bonds. The lowest BCUT2D eigenvalue weighted by Gasteiger charge is -2.15. The van der Waals surface area contributed by atoms with E-state index in [2.05, 4.69) is 46.5 Å². The van der Waals surface area contributed by atoms with Gasteiger partial charge in [-0.2, -0.15) is 10.1 Å². The number of benzene rings is 4. The van der Waals surface area contributed by atoms with Crippen LogP contribution in [0.1, 0.15) is 37.9 Å². The van der Waals surface area contributed by atoms with Crippen LogP contribution in [0.15, 0.2) is 102 Å². The molecule has 0 saturated heterocycles. The topological polar surface area (TPSA) is 163 Å². The molecule has 0 radical (unpaired) electrons. The Kier molecular flexibility index (Phi) is 8.56. The van der Waals surface area contributed by atoms with Crippen LogP contribution in [0.4, 0.5) is 22.1 Å². The lowest BCUT2D eigenvalue weighted by molar-refractivity contribution is 0.262. The number of amides is 2. The summed E-state index contributed by atoms with van der Waals surface area (Å²) in [5, 5.41) is 17.7. The number of hydrogen-bond acceptors (Lipinski definition) is 9. The normalized spacial score (nSPS) is 11.9. The first-order chi connectivity index (χ1) is 24.3. The number of rotatable bonds is 8. The molecule has 0 aliphatic rings. The first-order valence-corrected chi connectivity index (χ1v) is 18.9. The van der Waals surface area contributed by atoms with E-state index in [-0.39, 0.29) is 5.41 Å². The number of nitrogens with one attached hydrogen (secondary N) is 2. The smallest absolute Gasteiger partial charge is 0.324 e. The van der Waals surface area contributed by atoms with Gasteiger partial charge < -0.3 is 24.9 Å². The molecule has 7 aromatic rings. The van der Waals surface area contributed by atoms with Crippen molar-refractivity contribution >= 4 is 57.5 Å². The summed E-state index contributed by atoms with van der Waals surface area (Å²) >= 11 is 0. The molecule has 0 unspecified atom stereocenters. The quantitative estimate of drug-likeness (QED) is 0.133. The Bertz CT molecular complexity index is 2480. The van der Waals surface area contributed by atoms with Gasteiger partial charge in [0.2, 0.25) is 5.88 Å². The minimum absolute atomic E-state index is 0.280. The number of ether oxygens (including phenoxy) is 1. The van der Waals surface area contributed by atoms with Crippen LogP contribution in [0.5, 0.6) is 11.6 Å². The van der Waals surface area contributed by atoms with E-state index in [9.17, 15) is 9.36 Å². The molecule has 4 N–H and O–H groups in total. The molecule has 3 aromatic heterocycles. The predicted molar refractivity (Wildman–Crippen MR) is 201 cm³/mol. The third-order valence-corrected chi connectivity index (χ3v) is 9.89. The Labute approximate surface area is 294 Å². The Morgan fingerprint density at radius 1 is 0.922 bits per heavy atom. The van der Waals surface area contributed by atoms with Crippen molar-refractivity contribution in [3.63, 3.8) is 0 Å². The molecule has 7 rings (SSSR count). The van der Waals surface area contributed by atoms with Crippen molar-refractivity contribution in [2.24, 2.45) is 0 Å². The van der Waals surface area contributed by atoms with E-state index in [4.69, 9.17) is 20.1 Å². The van der Waals surface area contributed by atoms with Gasteiger partial charge in [-0.3, -0.25) is 5.32 Å². The zero-order valence-corrected chi connectivity index (χ0v) is 29.7. The highest BCUT2D eigenvalue weighted by Crippen LogP contribution is 2.36. The summed E-state index contributed by atoms with van der Waals surface area (Å²) in [4.78, 5) is 22.6. The summed E-state index contributed by atoms with van der Waals surface area (Å²) in [5.41, 5.74) is 9.30. The summed E-state index contributed by atoms with van der Waals surface area (Å²) in [5.74, 6) is 2.33. The van der Waals surface area contributed by atoms with E-state index in [0.717, 1.165) is 32.7 Å². The predicted octanol–water partition coefficient (Wildman–Crippen LogP) is 8.11. The first-order valence-electron chi connectivity index (χ1n) is 16.3. The highest BCUT2D eigenvalue weighted by molar-refractivity contribution is 7.70. The lowest BCUT2D eigenvalue weighted by Crippen LogP contribution is -2.21. The molecular formula is C38H37N8O4P. The maximum Gasteiger partial charge on any atom is 0.324 e. The summed E-state index contributed by atoms with van der Waals surface area (Å²) in [7, 11) is -2.52. The van der Waals surface area contributed by atoms with Gasteiger partial charge in [-0.25, -0.2) is 14.5 Å². The standard InChI is InChI=1S/C38H37N8O4P/c1-38(2,3)32-22-34(46(44-32)24-9-8-10-25(21-24)51(4,5)48)43-37(47)41-29-14-16-30(27-12-7-6-11-26(27)29)49-35-17-18-40-33(42-35)20-23-13-15-31-28(19-23)36(39)45-50-31/h6-19,21-22H,20H2,1-5H3,(H2,39,45)(H2,41,43,47). The van der Waals surface area contributed by atoms with Crippen molar-refractivity contribution in [1.29, 1.82) is 0 Å². The number of anilines is 3. The van der Waals surface area contributed by atoms with Crippen molar-refractivity contribution in [3.8, 4) is 17.3 Å². The number of aromatic nitrogens is 5. The number of carbonyl (C=O) groups excluding carboxylic acids is 1. The van der Waals surface area contributed by atoms with Gasteiger partial charge in [0.05, 0.1) is 22.5 Å². The SMILES string of the molecule is CC(C)(C)c1cc(NC(=O)Nc2ccc(Oc3ccnc(Cc4ccc5onc(N)c5c4)n3)c3ccccc23)n(-c2cccc(P(C)(C)=O)c2)n1. The Balaban J connectivity index is 1.12. The van der Waals surface area contributed by atoms with E-state index in [1.807, 2.05) is 72.8 Å². The second-order valence-corrected chi connectivity index (χ2v) is 16.9. The van der Waals surface area contributed by atoms with Gasteiger partial charge >= 0.3 is 6.03 Å². The lowest BCUT2D eigenvalue weighted by atomic mass is 9.92. The molecule has 51 heavy (non-hydrogen) atoms.